The number of nitrogens with one attached hydrogen (secondary N) is 3. The van der Waals surface area contributed by atoms with E-state index in [1.165, 1.54) is 0 Å². The first-order valence-electron chi connectivity index (χ1n) is 11.9. The van der Waals surface area contributed by atoms with Crippen LogP contribution in [0.4, 0.5) is 17.5 Å². The molecule has 1 saturated carbocycles. The molecule has 0 amide bonds. The van der Waals surface area contributed by atoms with Crippen LogP contribution in [0.1, 0.15) is 44.6 Å². The molecule has 3 aromatic rings. The fraction of sp³-hybridized carbons (Fsp3) is 0.458. The van der Waals surface area contributed by atoms with Crippen LogP contribution in [-0.2, 0) is 0 Å². The van der Waals surface area contributed by atoms with E-state index in [0.29, 0.717) is 28.1 Å². The molecule has 8 nitrogen and oxygen atoms in total. The van der Waals surface area contributed by atoms with Gasteiger partial charge in [0.1, 0.15) is 5.82 Å². The number of halogens is 2. The Balaban J connectivity index is 1.43. The van der Waals surface area contributed by atoms with Gasteiger partial charge in [0.2, 0.25) is 5.95 Å². The topological polar surface area (TPSA) is 106 Å². The van der Waals surface area contributed by atoms with Crippen molar-refractivity contribution in [2.45, 2.75) is 56.7 Å². The number of piperidine rings is 1. The van der Waals surface area contributed by atoms with Gasteiger partial charge in [-0.1, -0.05) is 23.2 Å². The monoisotopic (exact) mass is 500 g/mol. The molecule has 2 aromatic heterocycles. The third kappa shape index (κ3) is 5.63. The van der Waals surface area contributed by atoms with Gasteiger partial charge in [0.05, 0.1) is 12.2 Å². The number of hydrogen-bond donors (Lipinski definition) is 4. The van der Waals surface area contributed by atoms with E-state index in [9.17, 15) is 0 Å². The van der Waals surface area contributed by atoms with Gasteiger partial charge in [-0.3, -0.25) is 4.68 Å². The minimum Gasteiger partial charge on any atom is -0.367 e. The van der Waals surface area contributed by atoms with Crippen LogP contribution in [0, 0.1) is 0 Å². The summed E-state index contributed by atoms with van der Waals surface area (Å²) in [4.78, 5) is 9.42. The summed E-state index contributed by atoms with van der Waals surface area (Å²) >= 11 is 12.3. The number of aromatic nitrogens is 4. The van der Waals surface area contributed by atoms with Gasteiger partial charge >= 0.3 is 0 Å². The second kappa shape index (κ2) is 10.5. The van der Waals surface area contributed by atoms with Gasteiger partial charge in [-0.05, 0) is 69.8 Å². The molecule has 2 aliphatic rings. The van der Waals surface area contributed by atoms with Gasteiger partial charge in [0, 0.05) is 51.3 Å². The van der Waals surface area contributed by atoms with Crippen molar-refractivity contribution in [1.29, 1.82) is 0 Å². The third-order valence-electron chi connectivity index (χ3n) is 6.62. The second-order valence-electron chi connectivity index (χ2n) is 9.19. The molecular weight excluding hydrogens is 471 g/mol. The van der Waals surface area contributed by atoms with Crippen LogP contribution in [0.3, 0.4) is 0 Å². The smallest absolute Gasteiger partial charge is 0.229 e. The summed E-state index contributed by atoms with van der Waals surface area (Å²) in [5, 5.41) is 16.1. The van der Waals surface area contributed by atoms with Gasteiger partial charge in [0.15, 0.2) is 0 Å². The van der Waals surface area contributed by atoms with Crippen molar-refractivity contribution in [2.24, 2.45) is 5.73 Å². The maximum absolute atomic E-state index is 6.16. The SMILES string of the molecule is NC1CCC(Nc2nc(Nc3cc(Cl)cc(Cl)c3)ncc2-c2cnn(C3CCNCC3)c2)CC1. The molecule has 5 N–H and O–H groups in total. The highest BCUT2D eigenvalue weighted by Crippen LogP contribution is 2.32. The lowest BCUT2D eigenvalue weighted by Crippen LogP contribution is -2.33. The lowest BCUT2D eigenvalue weighted by molar-refractivity contribution is 0.343. The summed E-state index contributed by atoms with van der Waals surface area (Å²) in [5.41, 5.74) is 8.79. The van der Waals surface area contributed by atoms with Crippen LogP contribution in [-0.4, -0.2) is 44.9 Å². The molecular formula is C24H30Cl2N8. The van der Waals surface area contributed by atoms with Gasteiger partial charge in [-0.25, -0.2) is 4.98 Å². The highest BCUT2D eigenvalue weighted by atomic mass is 35.5. The molecule has 0 unspecified atom stereocenters. The highest BCUT2D eigenvalue weighted by molar-refractivity contribution is 6.35. The molecule has 0 radical (unpaired) electrons. The summed E-state index contributed by atoms with van der Waals surface area (Å²) in [6.07, 6.45) is 12.1. The van der Waals surface area contributed by atoms with E-state index >= 15 is 0 Å². The summed E-state index contributed by atoms with van der Waals surface area (Å²) in [7, 11) is 0. The normalized spacial score (nSPS) is 21.4. The number of rotatable bonds is 6. The van der Waals surface area contributed by atoms with Gasteiger partial charge in [0.25, 0.3) is 0 Å². The van der Waals surface area contributed by atoms with Gasteiger partial charge in [-0.15, -0.1) is 0 Å². The molecule has 0 bridgehead atoms. The number of nitrogens with two attached hydrogens (primary N) is 1. The Kier molecular flexibility index (Phi) is 7.20. The summed E-state index contributed by atoms with van der Waals surface area (Å²) in [6, 6.07) is 6.31. The molecule has 180 valence electrons. The van der Waals surface area contributed by atoms with Crippen LogP contribution < -0.4 is 21.7 Å². The van der Waals surface area contributed by atoms with Gasteiger partial charge < -0.3 is 21.7 Å². The van der Waals surface area contributed by atoms with Crippen molar-refractivity contribution in [3.8, 4) is 11.1 Å². The minimum absolute atomic E-state index is 0.288. The second-order valence-corrected chi connectivity index (χ2v) is 10.1. The van der Waals surface area contributed by atoms with E-state index in [2.05, 4.69) is 36.9 Å². The molecule has 1 aromatic carbocycles. The first-order valence-corrected chi connectivity index (χ1v) is 12.7. The fourth-order valence-corrected chi connectivity index (χ4v) is 5.25. The standard InChI is InChI=1S/C24H30Cl2N8/c25-16-9-17(26)11-20(10-16)32-24-29-13-22(23(33-24)31-19-3-1-18(27)2-4-19)15-12-30-34(14-15)21-5-7-28-8-6-21/h9-14,18-19,21,28H,1-8,27H2,(H2,29,31,32,33). The molecule has 10 heteroatoms. The van der Waals surface area contributed by atoms with Crippen LogP contribution in [0.25, 0.3) is 11.1 Å². The van der Waals surface area contributed by atoms with E-state index in [0.717, 1.165) is 74.2 Å². The summed E-state index contributed by atoms with van der Waals surface area (Å²) < 4.78 is 2.08. The Hall–Kier alpha value is -2.39. The highest BCUT2D eigenvalue weighted by Gasteiger charge is 2.22. The fourth-order valence-electron chi connectivity index (χ4n) is 4.72. The number of anilines is 3. The molecule has 34 heavy (non-hydrogen) atoms. The molecule has 1 aliphatic heterocycles. The summed E-state index contributed by atoms with van der Waals surface area (Å²) in [5.74, 6) is 1.26. The minimum atomic E-state index is 0.288. The molecule has 3 heterocycles. The third-order valence-corrected chi connectivity index (χ3v) is 7.05. The average molecular weight is 501 g/mol. The van der Waals surface area contributed by atoms with E-state index < -0.39 is 0 Å². The Morgan fingerprint density at radius 1 is 0.971 bits per heavy atom. The Morgan fingerprint density at radius 2 is 1.71 bits per heavy atom. The Labute approximate surface area is 209 Å². The van der Waals surface area contributed by atoms with Crippen molar-refractivity contribution in [1.82, 2.24) is 25.1 Å². The molecule has 1 saturated heterocycles. The molecule has 2 fully saturated rings. The first-order chi connectivity index (χ1) is 16.5. The van der Waals surface area contributed by atoms with Crippen LogP contribution in [0.15, 0.2) is 36.8 Å². The maximum atomic E-state index is 6.16. The van der Waals surface area contributed by atoms with Crippen LogP contribution >= 0.6 is 23.2 Å². The van der Waals surface area contributed by atoms with E-state index in [1.54, 1.807) is 18.2 Å². The van der Waals surface area contributed by atoms with Crippen molar-refractivity contribution >= 4 is 40.7 Å². The van der Waals surface area contributed by atoms with Crippen molar-refractivity contribution in [3.05, 3.63) is 46.8 Å². The summed E-state index contributed by atoms with van der Waals surface area (Å²) in [6.45, 7) is 2.04. The van der Waals surface area contributed by atoms with Crippen molar-refractivity contribution < 1.29 is 0 Å². The largest absolute Gasteiger partial charge is 0.367 e. The van der Waals surface area contributed by atoms with Crippen molar-refractivity contribution in [3.63, 3.8) is 0 Å². The van der Waals surface area contributed by atoms with Crippen LogP contribution in [0.5, 0.6) is 0 Å². The zero-order valence-corrected chi connectivity index (χ0v) is 20.5. The Morgan fingerprint density at radius 3 is 2.44 bits per heavy atom. The van der Waals surface area contributed by atoms with Gasteiger partial charge in [-0.2, -0.15) is 10.1 Å². The average Bonchev–Trinajstić information content (AvgIpc) is 3.31. The number of nitrogens with zero attached hydrogens (tertiary/aromatic N) is 4. The van der Waals surface area contributed by atoms with E-state index in [-0.39, 0.29) is 6.04 Å². The molecule has 0 atom stereocenters. The zero-order valence-electron chi connectivity index (χ0n) is 19.0. The predicted octanol–water partition coefficient (Wildman–Crippen LogP) is 5.00. The van der Waals surface area contributed by atoms with E-state index in [4.69, 9.17) is 33.9 Å². The predicted molar refractivity (Wildman–Crippen MR) is 138 cm³/mol. The van der Waals surface area contributed by atoms with E-state index in [1.807, 2.05) is 12.4 Å². The maximum Gasteiger partial charge on any atom is 0.229 e. The van der Waals surface area contributed by atoms with Crippen LogP contribution in [0.2, 0.25) is 10.0 Å². The first kappa shape index (κ1) is 23.4. The van der Waals surface area contributed by atoms with Crippen molar-refractivity contribution in [2.75, 3.05) is 23.7 Å². The number of benzene rings is 1. The lowest BCUT2D eigenvalue weighted by Gasteiger charge is -2.28. The number of hydrogen-bond acceptors (Lipinski definition) is 7. The lowest BCUT2D eigenvalue weighted by atomic mass is 9.91. The molecule has 1 aliphatic carbocycles. The zero-order chi connectivity index (χ0) is 23.5. The molecule has 0 spiro atoms. The quantitative estimate of drug-likeness (QED) is 0.377. The molecule has 5 rings (SSSR count). The Bertz CT molecular complexity index is 1100.